The third-order valence-electron chi connectivity index (χ3n) is 3.42. The van der Waals surface area contributed by atoms with Gasteiger partial charge in [0.25, 0.3) is 0 Å². The highest BCUT2D eigenvalue weighted by Crippen LogP contribution is 2.14. The van der Waals surface area contributed by atoms with Crippen LogP contribution in [0.15, 0.2) is 12.3 Å². The molecule has 0 saturated carbocycles. The zero-order valence-corrected chi connectivity index (χ0v) is 12.8. The van der Waals surface area contributed by atoms with E-state index < -0.39 is 0 Å². The standard InChI is InChI=1S/C15H22N4O3/c1-3-7-18(12-13-5-4-10-22-13)15(20)16-14-6-8-19(17-14)9-11-21-2/h1,6,8,13H,4-5,7,9-12H2,2H3,(H,16,17,20). The van der Waals surface area contributed by atoms with E-state index in [9.17, 15) is 4.79 Å². The fourth-order valence-corrected chi connectivity index (χ4v) is 2.29. The number of rotatable bonds is 7. The summed E-state index contributed by atoms with van der Waals surface area (Å²) in [5.74, 6) is 3.00. The molecule has 0 aromatic carbocycles. The van der Waals surface area contributed by atoms with Crippen molar-refractivity contribution in [1.29, 1.82) is 0 Å². The molecule has 1 aliphatic heterocycles. The lowest BCUT2D eigenvalue weighted by atomic mass is 10.2. The Labute approximate surface area is 130 Å². The minimum atomic E-state index is -0.259. The number of ether oxygens (including phenoxy) is 2. The zero-order valence-electron chi connectivity index (χ0n) is 12.8. The molecule has 7 heteroatoms. The third-order valence-corrected chi connectivity index (χ3v) is 3.42. The van der Waals surface area contributed by atoms with E-state index in [-0.39, 0.29) is 18.7 Å². The number of aromatic nitrogens is 2. The smallest absolute Gasteiger partial charge is 0.323 e. The predicted octanol–water partition coefficient (Wildman–Crippen LogP) is 1.18. The molecule has 0 spiro atoms. The van der Waals surface area contributed by atoms with Crippen molar-refractivity contribution in [3.8, 4) is 12.3 Å². The van der Waals surface area contributed by atoms with Crippen LogP contribution in [0.5, 0.6) is 0 Å². The number of carbonyl (C=O) groups is 1. The monoisotopic (exact) mass is 306 g/mol. The first-order chi connectivity index (χ1) is 10.7. The summed E-state index contributed by atoms with van der Waals surface area (Å²) in [6, 6.07) is 1.48. The summed E-state index contributed by atoms with van der Waals surface area (Å²) in [6.45, 7) is 2.70. The lowest BCUT2D eigenvalue weighted by Gasteiger charge is -2.23. The number of amides is 2. The first-order valence-electron chi connectivity index (χ1n) is 7.36. The van der Waals surface area contributed by atoms with Crippen LogP contribution in [-0.4, -0.2) is 60.2 Å². The first kappa shape index (κ1) is 16.3. The van der Waals surface area contributed by atoms with Crippen molar-refractivity contribution in [2.75, 3.05) is 38.7 Å². The van der Waals surface area contributed by atoms with Gasteiger partial charge in [-0.2, -0.15) is 5.10 Å². The van der Waals surface area contributed by atoms with E-state index in [1.54, 1.807) is 29.0 Å². The van der Waals surface area contributed by atoms with Gasteiger partial charge in [-0.25, -0.2) is 4.79 Å². The van der Waals surface area contributed by atoms with Crippen LogP contribution in [-0.2, 0) is 16.0 Å². The van der Waals surface area contributed by atoms with E-state index >= 15 is 0 Å². The summed E-state index contributed by atoms with van der Waals surface area (Å²) in [6.07, 6.45) is 9.19. The fraction of sp³-hybridized carbons (Fsp3) is 0.600. The second-order valence-electron chi connectivity index (χ2n) is 5.11. The summed E-state index contributed by atoms with van der Waals surface area (Å²) < 4.78 is 12.3. The SMILES string of the molecule is C#CCN(CC1CCCO1)C(=O)Nc1ccn(CCOC)n1. The van der Waals surface area contributed by atoms with Crippen molar-refractivity contribution in [1.82, 2.24) is 14.7 Å². The van der Waals surface area contributed by atoms with Crippen LogP contribution in [0.4, 0.5) is 10.6 Å². The molecule has 1 N–H and O–H groups in total. The van der Waals surface area contributed by atoms with Gasteiger partial charge in [0.15, 0.2) is 5.82 Å². The Balaban J connectivity index is 1.89. The fourth-order valence-electron chi connectivity index (χ4n) is 2.29. The second-order valence-corrected chi connectivity index (χ2v) is 5.11. The number of carbonyl (C=O) groups excluding carboxylic acids is 1. The van der Waals surface area contributed by atoms with Crippen molar-refractivity contribution >= 4 is 11.8 Å². The van der Waals surface area contributed by atoms with Crippen LogP contribution in [0.3, 0.4) is 0 Å². The van der Waals surface area contributed by atoms with Gasteiger partial charge in [0.05, 0.1) is 25.8 Å². The zero-order chi connectivity index (χ0) is 15.8. The molecule has 120 valence electrons. The van der Waals surface area contributed by atoms with Crippen molar-refractivity contribution in [2.45, 2.75) is 25.5 Å². The van der Waals surface area contributed by atoms with Gasteiger partial charge in [-0.1, -0.05) is 5.92 Å². The predicted molar refractivity (Wildman–Crippen MR) is 82.5 cm³/mol. The molecule has 7 nitrogen and oxygen atoms in total. The molecule has 0 aliphatic carbocycles. The highest BCUT2D eigenvalue weighted by Gasteiger charge is 2.22. The minimum absolute atomic E-state index is 0.0679. The number of nitrogens with zero attached hydrogens (tertiary/aromatic N) is 3. The number of nitrogens with one attached hydrogen (secondary N) is 1. The molecule has 1 aromatic heterocycles. The van der Waals surface area contributed by atoms with Gasteiger partial charge >= 0.3 is 6.03 Å². The van der Waals surface area contributed by atoms with Gasteiger partial charge in [0.1, 0.15) is 0 Å². The van der Waals surface area contributed by atoms with E-state index in [0.717, 1.165) is 19.4 Å². The van der Waals surface area contributed by atoms with Crippen LogP contribution in [0.2, 0.25) is 0 Å². The number of hydrogen-bond acceptors (Lipinski definition) is 4. The number of anilines is 1. The van der Waals surface area contributed by atoms with Gasteiger partial charge < -0.3 is 14.4 Å². The Morgan fingerprint density at radius 2 is 2.59 bits per heavy atom. The van der Waals surface area contributed by atoms with Crippen LogP contribution in [0.25, 0.3) is 0 Å². The van der Waals surface area contributed by atoms with Crippen LogP contribution >= 0.6 is 0 Å². The number of urea groups is 1. The summed E-state index contributed by atoms with van der Waals surface area (Å²) in [4.78, 5) is 13.9. The Hall–Kier alpha value is -2.04. The molecule has 2 rings (SSSR count). The lowest BCUT2D eigenvalue weighted by Crippen LogP contribution is -2.40. The normalized spacial score (nSPS) is 17.2. The van der Waals surface area contributed by atoms with Crippen molar-refractivity contribution < 1.29 is 14.3 Å². The van der Waals surface area contributed by atoms with E-state index in [2.05, 4.69) is 16.3 Å². The number of terminal acetylenes is 1. The molecule has 22 heavy (non-hydrogen) atoms. The quantitative estimate of drug-likeness (QED) is 0.768. The summed E-state index contributed by atoms with van der Waals surface area (Å²) in [5, 5.41) is 7.02. The van der Waals surface area contributed by atoms with Crippen molar-refractivity contribution in [3.63, 3.8) is 0 Å². The Bertz CT molecular complexity index is 517. The number of hydrogen-bond donors (Lipinski definition) is 1. The minimum Gasteiger partial charge on any atom is -0.383 e. The molecule has 2 heterocycles. The topological polar surface area (TPSA) is 68.6 Å². The molecule has 1 aliphatic rings. The molecular formula is C15H22N4O3. The molecule has 0 bridgehead atoms. The van der Waals surface area contributed by atoms with E-state index in [1.807, 2.05) is 0 Å². The van der Waals surface area contributed by atoms with E-state index in [1.165, 1.54) is 0 Å². The maximum absolute atomic E-state index is 12.3. The van der Waals surface area contributed by atoms with Crippen LogP contribution in [0, 0.1) is 12.3 Å². The van der Waals surface area contributed by atoms with Gasteiger partial charge in [0.2, 0.25) is 0 Å². The van der Waals surface area contributed by atoms with Crippen LogP contribution in [0.1, 0.15) is 12.8 Å². The molecule has 1 atom stereocenters. The summed E-state index contributed by atoms with van der Waals surface area (Å²) >= 11 is 0. The van der Waals surface area contributed by atoms with Crippen LogP contribution < -0.4 is 5.32 Å². The molecular weight excluding hydrogens is 284 g/mol. The molecule has 2 amide bonds. The first-order valence-corrected chi connectivity index (χ1v) is 7.36. The van der Waals surface area contributed by atoms with Gasteiger partial charge in [-0.15, -0.1) is 6.42 Å². The molecule has 0 radical (unpaired) electrons. The molecule has 1 fully saturated rings. The average molecular weight is 306 g/mol. The van der Waals surface area contributed by atoms with Crippen molar-refractivity contribution in [2.24, 2.45) is 0 Å². The highest BCUT2D eigenvalue weighted by molar-refractivity contribution is 5.88. The Morgan fingerprint density at radius 3 is 3.27 bits per heavy atom. The second kappa shape index (κ2) is 8.41. The molecule has 1 aromatic rings. The Kier molecular flexibility index (Phi) is 6.25. The maximum Gasteiger partial charge on any atom is 0.323 e. The summed E-state index contributed by atoms with van der Waals surface area (Å²) in [7, 11) is 1.63. The largest absolute Gasteiger partial charge is 0.383 e. The summed E-state index contributed by atoms with van der Waals surface area (Å²) in [5.41, 5.74) is 0. The average Bonchev–Trinajstić information content (AvgIpc) is 3.16. The molecule has 1 unspecified atom stereocenters. The maximum atomic E-state index is 12.3. The van der Waals surface area contributed by atoms with Gasteiger partial charge in [0, 0.05) is 32.5 Å². The van der Waals surface area contributed by atoms with Gasteiger partial charge in [-0.3, -0.25) is 10.00 Å². The molecule has 1 saturated heterocycles. The Morgan fingerprint density at radius 1 is 1.73 bits per heavy atom. The third kappa shape index (κ3) is 4.76. The lowest BCUT2D eigenvalue weighted by molar-refractivity contribution is 0.0867. The van der Waals surface area contributed by atoms with Crippen molar-refractivity contribution in [3.05, 3.63) is 12.3 Å². The van der Waals surface area contributed by atoms with E-state index in [4.69, 9.17) is 15.9 Å². The highest BCUT2D eigenvalue weighted by atomic mass is 16.5. The van der Waals surface area contributed by atoms with E-state index in [0.29, 0.717) is 25.5 Å². The van der Waals surface area contributed by atoms with Gasteiger partial charge in [-0.05, 0) is 12.8 Å². The number of methoxy groups -OCH3 is 1.